The Balaban J connectivity index is 2.41. The molecular weight excluding hydrogens is 264 g/mol. The van der Waals surface area contributed by atoms with E-state index in [0.29, 0.717) is 5.92 Å². The molecular formula is C13H23BrN2. The molecule has 0 fully saturated rings. The average molecular weight is 287 g/mol. The maximum Gasteiger partial charge on any atom is 0.177 e. The summed E-state index contributed by atoms with van der Waals surface area (Å²) in [6.45, 7) is 10.00. The van der Waals surface area contributed by atoms with Gasteiger partial charge in [0.25, 0.3) is 0 Å². The Kier molecular flexibility index (Phi) is 5.53. The zero-order chi connectivity index (χ0) is 12.1. The van der Waals surface area contributed by atoms with Gasteiger partial charge in [0, 0.05) is 12.7 Å². The first-order valence-corrected chi connectivity index (χ1v) is 7.02. The lowest BCUT2D eigenvalue weighted by atomic mass is 10.1. The number of unbranched alkanes of at least 4 members (excludes halogenated alkanes) is 1. The summed E-state index contributed by atoms with van der Waals surface area (Å²) in [6, 6.07) is 0. The van der Waals surface area contributed by atoms with Crippen LogP contribution in [0.3, 0.4) is 0 Å². The van der Waals surface area contributed by atoms with Gasteiger partial charge in [-0.3, -0.25) is 0 Å². The summed E-state index contributed by atoms with van der Waals surface area (Å²) >= 11 is 3.52. The van der Waals surface area contributed by atoms with Crippen LogP contribution in [0.5, 0.6) is 0 Å². The number of aryl methyl sites for hydroxylation is 1. The summed E-state index contributed by atoms with van der Waals surface area (Å²) in [5.74, 6) is 1.32. The number of halogens is 1. The van der Waals surface area contributed by atoms with Gasteiger partial charge in [0.2, 0.25) is 0 Å². The van der Waals surface area contributed by atoms with Crippen molar-refractivity contribution in [2.45, 2.75) is 59.4 Å². The lowest BCUT2D eigenvalue weighted by Gasteiger charge is -2.05. The molecule has 1 aromatic heterocycles. The molecule has 1 aromatic rings. The van der Waals surface area contributed by atoms with Gasteiger partial charge in [0.1, 0.15) is 0 Å². The summed E-state index contributed by atoms with van der Waals surface area (Å²) < 4.78 is 3.19. The molecule has 0 saturated carbocycles. The Bertz CT molecular complexity index is 316. The van der Waals surface area contributed by atoms with Gasteiger partial charge in [-0.15, -0.1) is 0 Å². The molecule has 3 heteroatoms. The van der Waals surface area contributed by atoms with E-state index in [1.807, 2.05) is 0 Å². The van der Waals surface area contributed by atoms with E-state index in [-0.39, 0.29) is 0 Å². The Morgan fingerprint density at radius 1 is 1.25 bits per heavy atom. The molecule has 0 saturated heterocycles. The lowest BCUT2D eigenvalue weighted by molar-refractivity contribution is 0.506. The van der Waals surface area contributed by atoms with E-state index in [9.17, 15) is 0 Å². The molecule has 0 bridgehead atoms. The summed E-state index contributed by atoms with van der Waals surface area (Å²) in [5, 5.41) is 0. The van der Waals surface area contributed by atoms with E-state index in [1.54, 1.807) is 0 Å². The van der Waals surface area contributed by atoms with E-state index in [4.69, 9.17) is 0 Å². The van der Waals surface area contributed by atoms with E-state index in [1.165, 1.54) is 25.0 Å². The van der Waals surface area contributed by atoms with Crippen molar-refractivity contribution in [3.63, 3.8) is 0 Å². The second-order valence-electron chi connectivity index (χ2n) is 5.17. The predicted molar refractivity (Wildman–Crippen MR) is 72.7 cm³/mol. The van der Waals surface area contributed by atoms with Gasteiger partial charge in [-0.05, 0) is 34.2 Å². The Labute approximate surface area is 108 Å². The lowest BCUT2D eigenvalue weighted by Crippen LogP contribution is -1.98. The molecule has 1 heterocycles. The van der Waals surface area contributed by atoms with Gasteiger partial charge in [-0.2, -0.15) is 0 Å². The zero-order valence-electron chi connectivity index (χ0n) is 10.8. The van der Waals surface area contributed by atoms with Crippen molar-refractivity contribution >= 4 is 15.9 Å². The highest BCUT2D eigenvalue weighted by Crippen LogP contribution is 2.18. The van der Waals surface area contributed by atoms with Crippen LogP contribution in [-0.2, 0) is 6.54 Å². The van der Waals surface area contributed by atoms with Crippen molar-refractivity contribution in [2.24, 2.45) is 5.92 Å². The van der Waals surface area contributed by atoms with Crippen LogP contribution in [0.15, 0.2) is 10.9 Å². The Hall–Kier alpha value is -0.310. The molecule has 0 atom stereocenters. The summed E-state index contributed by atoms with van der Waals surface area (Å²) in [5.41, 5.74) is 1.18. The first kappa shape index (κ1) is 13.8. The van der Waals surface area contributed by atoms with E-state index in [0.717, 1.165) is 17.2 Å². The fraction of sp³-hybridized carbons (Fsp3) is 0.769. The third-order valence-corrected chi connectivity index (χ3v) is 3.40. The molecule has 0 aliphatic rings. The van der Waals surface area contributed by atoms with Crippen LogP contribution in [0.2, 0.25) is 0 Å². The predicted octanol–water partition coefficient (Wildman–Crippen LogP) is 4.60. The smallest absolute Gasteiger partial charge is 0.177 e. The molecule has 0 N–H and O–H groups in total. The highest BCUT2D eigenvalue weighted by atomic mass is 79.9. The van der Waals surface area contributed by atoms with Crippen molar-refractivity contribution in [3.8, 4) is 0 Å². The minimum atomic E-state index is 0.508. The van der Waals surface area contributed by atoms with E-state index in [2.05, 4.69) is 59.4 Å². The first-order chi connectivity index (χ1) is 7.50. The van der Waals surface area contributed by atoms with Crippen LogP contribution in [0, 0.1) is 5.92 Å². The number of hydrogen-bond donors (Lipinski definition) is 0. The van der Waals surface area contributed by atoms with Crippen LogP contribution < -0.4 is 0 Å². The van der Waals surface area contributed by atoms with E-state index >= 15 is 0 Å². The largest absolute Gasteiger partial charge is 0.325 e. The molecule has 1 rings (SSSR count). The number of rotatable bonds is 6. The van der Waals surface area contributed by atoms with Crippen LogP contribution in [0.1, 0.15) is 58.6 Å². The molecule has 92 valence electrons. The molecule has 0 aliphatic heterocycles. The van der Waals surface area contributed by atoms with Gasteiger partial charge in [0.15, 0.2) is 4.73 Å². The quantitative estimate of drug-likeness (QED) is 0.699. The fourth-order valence-corrected chi connectivity index (χ4v) is 2.17. The molecule has 0 radical (unpaired) electrons. The number of nitrogens with zero attached hydrogens (tertiary/aromatic N) is 2. The van der Waals surface area contributed by atoms with Crippen LogP contribution in [0.4, 0.5) is 0 Å². The van der Waals surface area contributed by atoms with Crippen molar-refractivity contribution in [1.82, 2.24) is 9.55 Å². The average Bonchev–Trinajstić information content (AvgIpc) is 2.55. The van der Waals surface area contributed by atoms with E-state index < -0.39 is 0 Å². The molecule has 0 spiro atoms. The summed E-state index contributed by atoms with van der Waals surface area (Å²) in [6.07, 6.45) is 6.04. The Morgan fingerprint density at radius 2 is 1.94 bits per heavy atom. The molecule has 0 aromatic carbocycles. The van der Waals surface area contributed by atoms with Gasteiger partial charge < -0.3 is 4.57 Å². The third kappa shape index (κ3) is 4.28. The van der Waals surface area contributed by atoms with Crippen LogP contribution in [0.25, 0.3) is 0 Å². The normalized spacial score (nSPS) is 11.7. The monoisotopic (exact) mass is 286 g/mol. The highest BCUT2D eigenvalue weighted by molar-refractivity contribution is 9.10. The minimum Gasteiger partial charge on any atom is -0.325 e. The van der Waals surface area contributed by atoms with Crippen LogP contribution in [-0.4, -0.2) is 9.55 Å². The highest BCUT2D eigenvalue weighted by Gasteiger charge is 2.07. The van der Waals surface area contributed by atoms with Crippen molar-refractivity contribution in [2.75, 3.05) is 0 Å². The summed E-state index contributed by atoms with van der Waals surface area (Å²) in [7, 11) is 0. The molecule has 0 unspecified atom stereocenters. The molecule has 2 nitrogen and oxygen atoms in total. The second-order valence-corrected chi connectivity index (χ2v) is 5.88. The minimum absolute atomic E-state index is 0.508. The molecule has 0 amide bonds. The number of aromatic nitrogens is 2. The first-order valence-electron chi connectivity index (χ1n) is 6.23. The SMILES string of the molecule is CC(C)CCCCn1cc(C(C)C)nc1Br. The van der Waals surface area contributed by atoms with Gasteiger partial charge in [-0.25, -0.2) is 4.98 Å². The Morgan fingerprint density at radius 3 is 2.44 bits per heavy atom. The van der Waals surface area contributed by atoms with Gasteiger partial charge in [-0.1, -0.05) is 40.5 Å². The molecule has 16 heavy (non-hydrogen) atoms. The fourth-order valence-electron chi connectivity index (χ4n) is 1.68. The van der Waals surface area contributed by atoms with Crippen molar-refractivity contribution < 1.29 is 0 Å². The third-order valence-electron chi connectivity index (χ3n) is 2.77. The maximum absolute atomic E-state index is 4.50. The molecule has 0 aliphatic carbocycles. The standard InChI is InChI=1S/C13H23BrN2/c1-10(2)7-5-6-8-16-9-12(11(3)4)15-13(16)14/h9-11H,5-8H2,1-4H3. The maximum atomic E-state index is 4.50. The number of hydrogen-bond acceptors (Lipinski definition) is 1. The topological polar surface area (TPSA) is 17.8 Å². The second kappa shape index (κ2) is 6.43. The van der Waals surface area contributed by atoms with Gasteiger partial charge >= 0.3 is 0 Å². The summed E-state index contributed by atoms with van der Waals surface area (Å²) in [4.78, 5) is 4.50. The number of imidazole rings is 1. The van der Waals surface area contributed by atoms with Crippen LogP contribution >= 0.6 is 15.9 Å². The van der Waals surface area contributed by atoms with Gasteiger partial charge in [0.05, 0.1) is 5.69 Å². The van der Waals surface area contributed by atoms with Crippen molar-refractivity contribution in [3.05, 3.63) is 16.6 Å². The zero-order valence-corrected chi connectivity index (χ0v) is 12.4. The van der Waals surface area contributed by atoms with Crippen molar-refractivity contribution in [1.29, 1.82) is 0 Å².